The van der Waals surface area contributed by atoms with E-state index < -0.39 is 0 Å². The van der Waals surface area contributed by atoms with Crippen LogP contribution in [0.5, 0.6) is 11.5 Å². The number of carbonyl (C=O) groups is 2. The second-order valence-electron chi connectivity index (χ2n) is 6.85. The van der Waals surface area contributed by atoms with Gasteiger partial charge in [0.15, 0.2) is 6.61 Å². The van der Waals surface area contributed by atoms with Crippen molar-refractivity contribution in [1.82, 2.24) is 4.90 Å². The number of carbonyl (C=O) groups excluding carboxylic acids is 2. The van der Waals surface area contributed by atoms with Crippen molar-refractivity contribution in [3.05, 3.63) is 54.1 Å². The minimum absolute atomic E-state index is 0.0576. The number of hydrogen-bond acceptors (Lipinski definition) is 4. The van der Waals surface area contributed by atoms with Crippen molar-refractivity contribution in [1.29, 1.82) is 0 Å². The molecule has 1 atom stereocenters. The number of rotatable bonds is 7. The summed E-state index contributed by atoms with van der Waals surface area (Å²) in [6.45, 7) is 2.65. The maximum atomic E-state index is 12.6. The smallest absolute Gasteiger partial charge is 0.260 e. The topological polar surface area (TPSA) is 59.1 Å². The Labute approximate surface area is 165 Å². The SMILES string of the molecule is COc1ccccc1C(C)N(C)C(=O)COc1ccc(N2CCCC2=O)cc1. The van der Waals surface area contributed by atoms with Gasteiger partial charge in [0, 0.05) is 31.3 Å². The highest BCUT2D eigenvalue weighted by Crippen LogP contribution is 2.28. The fraction of sp³-hybridized carbons (Fsp3) is 0.364. The number of hydrogen-bond donors (Lipinski definition) is 0. The Balaban J connectivity index is 1.58. The summed E-state index contributed by atoms with van der Waals surface area (Å²) in [4.78, 5) is 27.8. The normalized spacial score (nSPS) is 14.7. The molecule has 0 aliphatic carbocycles. The molecule has 1 aliphatic rings. The number of likely N-dealkylation sites (N-methyl/N-ethyl adjacent to an activating group) is 1. The first kappa shape index (κ1) is 19.7. The maximum absolute atomic E-state index is 12.6. The lowest BCUT2D eigenvalue weighted by Crippen LogP contribution is -2.33. The van der Waals surface area contributed by atoms with E-state index in [1.807, 2.05) is 43.3 Å². The van der Waals surface area contributed by atoms with E-state index in [0.717, 1.165) is 30.0 Å². The summed E-state index contributed by atoms with van der Waals surface area (Å²) in [6, 6.07) is 14.8. The first-order valence-electron chi connectivity index (χ1n) is 9.43. The van der Waals surface area contributed by atoms with Gasteiger partial charge in [0.05, 0.1) is 13.2 Å². The zero-order valence-electron chi connectivity index (χ0n) is 16.6. The number of para-hydroxylation sites is 1. The van der Waals surface area contributed by atoms with Gasteiger partial charge in [0.25, 0.3) is 5.91 Å². The van der Waals surface area contributed by atoms with Crippen molar-refractivity contribution in [2.75, 3.05) is 32.2 Å². The third kappa shape index (κ3) is 4.27. The van der Waals surface area contributed by atoms with Crippen LogP contribution in [0, 0.1) is 0 Å². The second-order valence-corrected chi connectivity index (χ2v) is 6.85. The molecule has 6 heteroatoms. The number of nitrogens with zero attached hydrogens (tertiary/aromatic N) is 2. The fourth-order valence-electron chi connectivity index (χ4n) is 3.33. The summed E-state index contributed by atoms with van der Waals surface area (Å²) >= 11 is 0. The Morgan fingerprint density at radius 2 is 1.89 bits per heavy atom. The Morgan fingerprint density at radius 3 is 2.54 bits per heavy atom. The van der Waals surface area contributed by atoms with E-state index in [9.17, 15) is 9.59 Å². The highest BCUT2D eigenvalue weighted by Gasteiger charge is 2.22. The zero-order valence-corrected chi connectivity index (χ0v) is 16.6. The molecule has 2 amide bonds. The molecule has 1 unspecified atom stereocenters. The molecular weight excluding hydrogens is 356 g/mol. The Kier molecular flexibility index (Phi) is 6.19. The molecule has 2 aromatic rings. The van der Waals surface area contributed by atoms with Crippen LogP contribution < -0.4 is 14.4 Å². The largest absolute Gasteiger partial charge is 0.496 e. The van der Waals surface area contributed by atoms with Crippen LogP contribution in [0.3, 0.4) is 0 Å². The molecule has 0 N–H and O–H groups in total. The molecule has 1 saturated heterocycles. The maximum Gasteiger partial charge on any atom is 0.260 e. The first-order chi connectivity index (χ1) is 13.5. The minimum Gasteiger partial charge on any atom is -0.496 e. The van der Waals surface area contributed by atoms with Crippen LogP contribution in [0.2, 0.25) is 0 Å². The van der Waals surface area contributed by atoms with Gasteiger partial charge in [0.1, 0.15) is 11.5 Å². The third-order valence-corrected chi connectivity index (χ3v) is 5.15. The molecule has 0 saturated carbocycles. The van der Waals surface area contributed by atoms with Gasteiger partial charge in [-0.05, 0) is 43.7 Å². The molecule has 148 valence electrons. The number of ether oxygens (including phenoxy) is 2. The Bertz CT molecular complexity index is 835. The van der Waals surface area contributed by atoms with Gasteiger partial charge in [-0.15, -0.1) is 0 Å². The van der Waals surface area contributed by atoms with Gasteiger partial charge in [-0.25, -0.2) is 0 Å². The molecule has 2 aromatic carbocycles. The quantitative estimate of drug-likeness (QED) is 0.736. The fourth-order valence-corrected chi connectivity index (χ4v) is 3.33. The van der Waals surface area contributed by atoms with E-state index >= 15 is 0 Å². The van der Waals surface area contributed by atoms with Crippen LogP contribution in [0.15, 0.2) is 48.5 Å². The zero-order chi connectivity index (χ0) is 20.1. The average molecular weight is 382 g/mol. The van der Waals surface area contributed by atoms with Gasteiger partial charge < -0.3 is 19.3 Å². The molecule has 3 rings (SSSR count). The van der Waals surface area contributed by atoms with Gasteiger partial charge in [0.2, 0.25) is 5.91 Å². The van der Waals surface area contributed by atoms with Gasteiger partial charge in [-0.1, -0.05) is 18.2 Å². The predicted octanol–water partition coefficient (Wildman–Crippen LogP) is 3.42. The van der Waals surface area contributed by atoms with Crippen LogP contribution in [0.25, 0.3) is 0 Å². The van der Waals surface area contributed by atoms with E-state index in [1.54, 1.807) is 36.1 Å². The molecule has 1 heterocycles. The van der Waals surface area contributed by atoms with E-state index in [-0.39, 0.29) is 24.5 Å². The van der Waals surface area contributed by atoms with Crippen LogP contribution in [0.4, 0.5) is 5.69 Å². The summed E-state index contributed by atoms with van der Waals surface area (Å²) in [6.07, 6.45) is 1.49. The minimum atomic E-state index is -0.143. The molecule has 0 radical (unpaired) electrons. The van der Waals surface area contributed by atoms with Crippen molar-refractivity contribution in [2.24, 2.45) is 0 Å². The van der Waals surface area contributed by atoms with Crippen molar-refractivity contribution in [2.45, 2.75) is 25.8 Å². The lowest BCUT2D eigenvalue weighted by molar-refractivity contribution is -0.134. The molecular formula is C22H26N2O4. The number of benzene rings is 2. The Hall–Kier alpha value is -3.02. The van der Waals surface area contributed by atoms with Crippen molar-refractivity contribution in [3.8, 4) is 11.5 Å². The molecule has 0 spiro atoms. The van der Waals surface area contributed by atoms with Crippen LogP contribution >= 0.6 is 0 Å². The van der Waals surface area contributed by atoms with Crippen molar-refractivity contribution < 1.29 is 19.1 Å². The standard InChI is InChI=1S/C22H26N2O4/c1-16(19-7-4-5-8-20(19)27-3)23(2)22(26)15-28-18-12-10-17(11-13-18)24-14-6-9-21(24)25/h4-5,7-8,10-13,16H,6,9,14-15H2,1-3H3. The molecule has 0 aromatic heterocycles. The number of anilines is 1. The molecule has 0 bridgehead atoms. The third-order valence-electron chi connectivity index (χ3n) is 5.15. The van der Waals surface area contributed by atoms with Crippen molar-refractivity contribution in [3.63, 3.8) is 0 Å². The van der Waals surface area contributed by atoms with Gasteiger partial charge in [-0.2, -0.15) is 0 Å². The highest BCUT2D eigenvalue weighted by atomic mass is 16.5. The average Bonchev–Trinajstić information content (AvgIpc) is 3.17. The monoisotopic (exact) mass is 382 g/mol. The van der Waals surface area contributed by atoms with E-state index in [1.165, 1.54) is 0 Å². The van der Waals surface area contributed by atoms with E-state index in [4.69, 9.17) is 9.47 Å². The molecule has 6 nitrogen and oxygen atoms in total. The molecule has 1 aliphatic heterocycles. The lowest BCUT2D eigenvalue weighted by atomic mass is 10.1. The van der Waals surface area contributed by atoms with Gasteiger partial charge in [-0.3, -0.25) is 9.59 Å². The van der Waals surface area contributed by atoms with Crippen LogP contribution in [-0.2, 0) is 9.59 Å². The van der Waals surface area contributed by atoms with E-state index in [2.05, 4.69) is 0 Å². The van der Waals surface area contributed by atoms with Crippen molar-refractivity contribution >= 4 is 17.5 Å². The van der Waals surface area contributed by atoms with Crippen LogP contribution in [0.1, 0.15) is 31.4 Å². The summed E-state index contributed by atoms with van der Waals surface area (Å²) in [7, 11) is 3.38. The lowest BCUT2D eigenvalue weighted by Gasteiger charge is -2.26. The van der Waals surface area contributed by atoms with Crippen LogP contribution in [-0.4, -0.2) is 44.0 Å². The number of amides is 2. The molecule has 1 fully saturated rings. The second kappa shape index (κ2) is 8.78. The summed E-state index contributed by atoms with van der Waals surface area (Å²) in [5.74, 6) is 1.37. The Morgan fingerprint density at radius 1 is 1.18 bits per heavy atom. The summed E-state index contributed by atoms with van der Waals surface area (Å²) < 4.78 is 11.0. The predicted molar refractivity (Wildman–Crippen MR) is 108 cm³/mol. The summed E-state index contributed by atoms with van der Waals surface area (Å²) in [5.41, 5.74) is 1.81. The van der Waals surface area contributed by atoms with Gasteiger partial charge >= 0.3 is 0 Å². The highest BCUT2D eigenvalue weighted by molar-refractivity contribution is 5.95. The molecule has 28 heavy (non-hydrogen) atoms. The summed E-state index contributed by atoms with van der Waals surface area (Å²) in [5, 5.41) is 0. The number of methoxy groups -OCH3 is 1. The first-order valence-corrected chi connectivity index (χ1v) is 9.43. The van der Waals surface area contributed by atoms with E-state index in [0.29, 0.717) is 12.2 Å².